The molecule has 6 nitrogen and oxygen atoms in total. The molecule has 0 saturated carbocycles. The van der Waals surface area contributed by atoms with E-state index in [4.69, 9.17) is 16.3 Å². The van der Waals surface area contributed by atoms with E-state index < -0.39 is 5.97 Å². The molecule has 4 aromatic rings. The van der Waals surface area contributed by atoms with Gasteiger partial charge in [-0.15, -0.1) is 0 Å². The van der Waals surface area contributed by atoms with Crippen molar-refractivity contribution < 1.29 is 9.53 Å². The van der Waals surface area contributed by atoms with Gasteiger partial charge in [0, 0.05) is 23.1 Å². The van der Waals surface area contributed by atoms with Crippen LogP contribution in [-0.2, 0) is 4.79 Å². The Morgan fingerprint density at radius 1 is 1.07 bits per heavy atom. The van der Waals surface area contributed by atoms with Crippen LogP contribution >= 0.6 is 11.6 Å². The van der Waals surface area contributed by atoms with E-state index in [2.05, 4.69) is 10.1 Å². The maximum absolute atomic E-state index is 13.2. The van der Waals surface area contributed by atoms with Gasteiger partial charge in [-0.3, -0.25) is 9.59 Å². The normalized spacial score (nSPS) is 11.1. The van der Waals surface area contributed by atoms with Gasteiger partial charge in [-0.25, -0.2) is 4.98 Å². The highest BCUT2D eigenvalue weighted by Crippen LogP contribution is 2.23. The average Bonchev–Trinajstić information content (AvgIpc) is 2.75. The van der Waals surface area contributed by atoms with Crippen molar-refractivity contribution in [1.82, 2.24) is 9.66 Å². The van der Waals surface area contributed by atoms with Crippen LogP contribution in [0.1, 0.15) is 12.5 Å². The SMILES string of the molecule is CC(=O)Oc1ccc(Cl)cc1C=Nn1c(-c2ccccc2)nc2ccccc2c1=O. The Morgan fingerprint density at radius 2 is 1.80 bits per heavy atom. The predicted octanol–water partition coefficient (Wildman–Crippen LogP) is 4.52. The molecule has 0 fully saturated rings. The fourth-order valence-electron chi connectivity index (χ4n) is 2.99. The second-order valence-electron chi connectivity index (χ2n) is 6.46. The van der Waals surface area contributed by atoms with Crippen molar-refractivity contribution >= 4 is 34.7 Å². The van der Waals surface area contributed by atoms with Gasteiger partial charge in [-0.1, -0.05) is 54.1 Å². The fraction of sp³-hybridized carbons (Fsp3) is 0.0435. The lowest BCUT2D eigenvalue weighted by Gasteiger charge is -2.10. The maximum Gasteiger partial charge on any atom is 0.308 e. The van der Waals surface area contributed by atoms with E-state index in [0.717, 1.165) is 5.56 Å². The summed E-state index contributed by atoms with van der Waals surface area (Å²) in [5, 5.41) is 5.27. The van der Waals surface area contributed by atoms with Gasteiger partial charge < -0.3 is 4.74 Å². The zero-order valence-corrected chi connectivity index (χ0v) is 16.7. The number of carbonyl (C=O) groups excluding carboxylic acids is 1. The molecule has 0 radical (unpaired) electrons. The molecular formula is C23H16ClN3O3. The van der Waals surface area contributed by atoms with Crippen LogP contribution in [0.4, 0.5) is 0 Å². The maximum atomic E-state index is 13.2. The summed E-state index contributed by atoms with van der Waals surface area (Å²) < 4.78 is 6.44. The molecule has 1 heterocycles. The Balaban J connectivity index is 1.91. The number of benzene rings is 3. The van der Waals surface area contributed by atoms with Crippen molar-refractivity contribution in [2.45, 2.75) is 6.92 Å². The molecule has 30 heavy (non-hydrogen) atoms. The Kier molecular flexibility index (Phi) is 5.41. The quantitative estimate of drug-likeness (QED) is 0.278. The first kappa shape index (κ1) is 19.5. The number of rotatable bonds is 4. The third-order valence-electron chi connectivity index (χ3n) is 4.32. The first-order chi connectivity index (χ1) is 14.5. The van der Waals surface area contributed by atoms with Gasteiger partial charge >= 0.3 is 5.97 Å². The molecule has 0 aliphatic rings. The van der Waals surface area contributed by atoms with E-state index >= 15 is 0 Å². The number of fused-ring (bicyclic) bond motifs is 1. The number of hydrogen-bond donors (Lipinski definition) is 0. The Morgan fingerprint density at radius 3 is 2.57 bits per heavy atom. The van der Waals surface area contributed by atoms with Crippen LogP contribution < -0.4 is 10.3 Å². The summed E-state index contributed by atoms with van der Waals surface area (Å²) in [4.78, 5) is 29.2. The van der Waals surface area contributed by atoms with Gasteiger partial charge in [-0.05, 0) is 30.3 Å². The summed E-state index contributed by atoms with van der Waals surface area (Å²) in [6.45, 7) is 1.31. The summed E-state index contributed by atoms with van der Waals surface area (Å²) in [6, 6.07) is 21.2. The van der Waals surface area contributed by atoms with Gasteiger partial charge in [0.15, 0.2) is 5.82 Å². The molecule has 148 valence electrons. The minimum Gasteiger partial charge on any atom is -0.426 e. The van der Waals surface area contributed by atoms with Gasteiger partial charge in [0.2, 0.25) is 0 Å². The Labute approximate surface area is 177 Å². The van der Waals surface area contributed by atoms with E-state index in [1.54, 1.807) is 36.4 Å². The molecule has 0 N–H and O–H groups in total. The van der Waals surface area contributed by atoms with E-state index in [1.165, 1.54) is 17.8 Å². The smallest absolute Gasteiger partial charge is 0.308 e. The zero-order chi connectivity index (χ0) is 21.1. The zero-order valence-electron chi connectivity index (χ0n) is 15.9. The number of hydrogen-bond acceptors (Lipinski definition) is 5. The molecule has 0 aliphatic heterocycles. The number of carbonyl (C=O) groups is 1. The van der Waals surface area contributed by atoms with Crippen LogP contribution in [-0.4, -0.2) is 21.8 Å². The lowest BCUT2D eigenvalue weighted by molar-refractivity contribution is -0.131. The number of halogens is 1. The third-order valence-corrected chi connectivity index (χ3v) is 4.56. The molecule has 0 aliphatic carbocycles. The molecule has 7 heteroatoms. The van der Waals surface area contributed by atoms with Crippen LogP contribution in [0.2, 0.25) is 5.02 Å². The van der Waals surface area contributed by atoms with Crippen molar-refractivity contribution in [3.8, 4) is 17.1 Å². The lowest BCUT2D eigenvalue weighted by atomic mass is 10.2. The van der Waals surface area contributed by atoms with Crippen molar-refractivity contribution in [3.05, 3.63) is 93.7 Å². The van der Waals surface area contributed by atoms with E-state index in [0.29, 0.717) is 33.1 Å². The minimum absolute atomic E-state index is 0.290. The van der Waals surface area contributed by atoms with Crippen molar-refractivity contribution in [1.29, 1.82) is 0 Å². The second kappa shape index (κ2) is 8.31. The largest absolute Gasteiger partial charge is 0.426 e. The Hall–Kier alpha value is -3.77. The minimum atomic E-state index is -0.471. The molecule has 1 aromatic heterocycles. The molecule has 0 unspecified atom stereocenters. The number of ether oxygens (including phenoxy) is 1. The molecule has 0 spiro atoms. The number of para-hydroxylation sites is 1. The van der Waals surface area contributed by atoms with E-state index in [-0.39, 0.29) is 5.56 Å². The first-order valence-corrected chi connectivity index (χ1v) is 9.50. The second-order valence-corrected chi connectivity index (χ2v) is 6.89. The summed E-state index contributed by atoms with van der Waals surface area (Å²) in [7, 11) is 0. The van der Waals surface area contributed by atoms with Gasteiger partial charge in [0.25, 0.3) is 5.56 Å². The molecule has 0 bridgehead atoms. The van der Waals surface area contributed by atoms with Crippen LogP contribution in [0.5, 0.6) is 5.75 Å². The van der Waals surface area contributed by atoms with E-state index in [9.17, 15) is 9.59 Å². The van der Waals surface area contributed by atoms with Crippen molar-refractivity contribution in [2.24, 2.45) is 5.10 Å². The number of esters is 1. The van der Waals surface area contributed by atoms with Crippen LogP contribution in [0.25, 0.3) is 22.3 Å². The first-order valence-electron chi connectivity index (χ1n) is 9.12. The van der Waals surface area contributed by atoms with Gasteiger partial charge in [-0.2, -0.15) is 9.78 Å². The fourth-order valence-corrected chi connectivity index (χ4v) is 3.17. The number of aromatic nitrogens is 2. The summed E-state index contributed by atoms with van der Waals surface area (Å²) in [6.07, 6.45) is 1.43. The molecule has 0 atom stereocenters. The molecular weight excluding hydrogens is 402 g/mol. The van der Waals surface area contributed by atoms with Gasteiger partial charge in [0.05, 0.1) is 17.1 Å². The van der Waals surface area contributed by atoms with Crippen LogP contribution in [0.3, 0.4) is 0 Å². The van der Waals surface area contributed by atoms with Crippen LogP contribution in [0, 0.1) is 0 Å². The topological polar surface area (TPSA) is 73.5 Å². The van der Waals surface area contributed by atoms with Crippen molar-refractivity contribution in [3.63, 3.8) is 0 Å². The predicted molar refractivity (Wildman–Crippen MR) is 117 cm³/mol. The number of nitrogens with zero attached hydrogens (tertiary/aromatic N) is 3. The molecule has 3 aromatic carbocycles. The van der Waals surface area contributed by atoms with Gasteiger partial charge in [0.1, 0.15) is 5.75 Å². The summed E-state index contributed by atoms with van der Waals surface area (Å²) >= 11 is 6.09. The Bertz CT molecular complexity index is 1330. The molecule has 0 amide bonds. The lowest BCUT2D eigenvalue weighted by Crippen LogP contribution is -2.20. The summed E-state index contributed by atoms with van der Waals surface area (Å²) in [5.41, 5.74) is 1.46. The standard InChI is InChI=1S/C23H16ClN3O3/c1-15(28)30-21-12-11-18(24)13-17(21)14-25-27-22(16-7-3-2-4-8-16)26-20-10-6-5-9-19(20)23(27)29/h2-14H,1H3. The molecule has 4 rings (SSSR count). The molecule has 0 saturated heterocycles. The third kappa shape index (κ3) is 3.99. The van der Waals surface area contributed by atoms with E-state index in [1.807, 2.05) is 36.4 Å². The van der Waals surface area contributed by atoms with Crippen LogP contribution in [0.15, 0.2) is 82.7 Å². The summed E-state index contributed by atoms with van der Waals surface area (Å²) in [5.74, 6) is 0.215. The highest BCUT2D eigenvalue weighted by atomic mass is 35.5. The monoisotopic (exact) mass is 417 g/mol. The van der Waals surface area contributed by atoms with Crippen molar-refractivity contribution in [2.75, 3.05) is 0 Å². The average molecular weight is 418 g/mol. The highest BCUT2D eigenvalue weighted by Gasteiger charge is 2.12. The highest BCUT2D eigenvalue weighted by molar-refractivity contribution is 6.30.